The number of carboxylic acid groups (broad SMARTS) is 1. The zero-order valence-corrected chi connectivity index (χ0v) is 16.3. The van der Waals surface area contributed by atoms with Gasteiger partial charge in [-0.15, -0.1) is 0 Å². The van der Waals surface area contributed by atoms with Gasteiger partial charge >= 0.3 is 5.97 Å². The van der Waals surface area contributed by atoms with Crippen LogP contribution in [0.4, 0.5) is 4.39 Å². The fourth-order valence-electron chi connectivity index (χ4n) is 4.24. The lowest BCUT2D eigenvalue weighted by molar-refractivity contribution is 0.0698. The Morgan fingerprint density at radius 2 is 1.77 bits per heavy atom. The van der Waals surface area contributed by atoms with Gasteiger partial charge in [0.25, 0.3) is 0 Å². The molecule has 148 valence electrons. The van der Waals surface area contributed by atoms with Crippen LogP contribution in [0.15, 0.2) is 60.7 Å². The second-order valence-corrected chi connectivity index (χ2v) is 7.38. The summed E-state index contributed by atoms with van der Waals surface area (Å²) in [5.41, 5.74) is 6.21. The number of aromatic nitrogens is 1. The summed E-state index contributed by atoms with van der Waals surface area (Å²) in [5.74, 6) is -0.714. The van der Waals surface area contributed by atoms with E-state index in [-0.39, 0.29) is 5.56 Å². The molecule has 3 aromatic carbocycles. The molecule has 4 nitrogen and oxygen atoms in total. The maximum absolute atomic E-state index is 13.8. The zero-order valence-electron chi connectivity index (χ0n) is 16.3. The van der Waals surface area contributed by atoms with Crippen LogP contribution in [0, 0.1) is 5.82 Å². The van der Waals surface area contributed by atoms with Crippen molar-refractivity contribution < 1.29 is 19.0 Å². The Morgan fingerprint density at radius 1 is 1.00 bits per heavy atom. The minimum atomic E-state index is -1.05. The van der Waals surface area contributed by atoms with E-state index in [0.717, 1.165) is 28.0 Å². The number of benzene rings is 3. The Labute approximate surface area is 172 Å². The number of halogens is 1. The van der Waals surface area contributed by atoms with Crippen molar-refractivity contribution in [3.63, 3.8) is 0 Å². The Morgan fingerprint density at radius 3 is 2.50 bits per heavy atom. The van der Waals surface area contributed by atoms with E-state index in [4.69, 9.17) is 9.72 Å². The number of carbonyl (C=O) groups is 1. The maximum atomic E-state index is 13.8. The summed E-state index contributed by atoms with van der Waals surface area (Å²) in [6.45, 7) is 0. The minimum absolute atomic E-state index is 0.152. The number of aromatic carboxylic acids is 1. The van der Waals surface area contributed by atoms with Crippen molar-refractivity contribution in [2.45, 2.75) is 12.8 Å². The predicted molar refractivity (Wildman–Crippen MR) is 113 cm³/mol. The number of nitrogens with zero attached hydrogens (tertiary/aromatic N) is 1. The van der Waals surface area contributed by atoms with E-state index in [0.29, 0.717) is 35.0 Å². The van der Waals surface area contributed by atoms with Crippen LogP contribution in [0.2, 0.25) is 0 Å². The Balaban J connectivity index is 1.67. The third kappa shape index (κ3) is 2.90. The first kappa shape index (κ1) is 18.3. The monoisotopic (exact) mass is 399 g/mol. The SMILES string of the molecule is COc1ccc(-c2ccc3c(c2)CCc2c-3nc3ccc(F)cc3c2C(=O)O)cc1. The van der Waals surface area contributed by atoms with E-state index >= 15 is 0 Å². The number of methoxy groups -OCH3 is 1. The molecule has 0 radical (unpaired) electrons. The smallest absolute Gasteiger partial charge is 0.336 e. The number of aryl methyl sites for hydroxylation is 1. The van der Waals surface area contributed by atoms with Crippen LogP contribution in [0.25, 0.3) is 33.3 Å². The molecule has 0 saturated heterocycles. The van der Waals surface area contributed by atoms with E-state index in [1.807, 2.05) is 36.4 Å². The quantitative estimate of drug-likeness (QED) is 0.493. The molecule has 0 bridgehead atoms. The van der Waals surface area contributed by atoms with Crippen LogP contribution in [0.3, 0.4) is 0 Å². The highest BCUT2D eigenvalue weighted by Gasteiger charge is 2.26. The van der Waals surface area contributed by atoms with Crippen LogP contribution in [-0.2, 0) is 12.8 Å². The van der Waals surface area contributed by atoms with Gasteiger partial charge in [-0.25, -0.2) is 14.2 Å². The standard InChI is InChI=1S/C25H18FNO3/c1-30-18-7-2-14(3-8-18)15-4-9-19-16(12-15)5-10-20-23(25(28)29)21-13-17(26)6-11-22(21)27-24(19)20/h2-4,6-9,11-13H,5,10H2,1H3,(H,28,29). The van der Waals surface area contributed by atoms with Crippen LogP contribution < -0.4 is 4.74 Å². The molecule has 0 unspecified atom stereocenters. The summed E-state index contributed by atoms with van der Waals surface area (Å²) in [7, 11) is 1.64. The van der Waals surface area contributed by atoms with Gasteiger partial charge < -0.3 is 9.84 Å². The summed E-state index contributed by atoms with van der Waals surface area (Å²) >= 11 is 0. The molecule has 1 aliphatic rings. The minimum Gasteiger partial charge on any atom is -0.497 e. The van der Waals surface area contributed by atoms with Crippen LogP contribution in [-0.4, -0.2) is 23.2 Å². The molecule has 1 aliphatic carbocycles. The van der Waals surface area contributed by atoms with E-state index < -0.39 is 11.8 Å². The molecule has 1 aromatic heterocycles. The number of hydrogen-bond donors (Lipinski definition) is 1. The first-order valence-corrected chi connectivity index (χ1v) is 9.68. The summed E-state index contributed by atoms with van der Waals surface area (Å²) in [6, 6.07) is 18.1. The molecule has 5 rings (SSSR count). The normalized spacial score (nSPS) is 12.3. The van der Waals surface area contributed by atoms with E-state index in [1.165, 1.54) is 18.2 Å². The summed E-state index contributed by atoms with van der Waals surface area (Å²) in [4.78, 5) is 16.8. The van der Waals surface area contributed by atoms with Gasteiger partial charge in [0, 0.05) is 10.9 Å². The Hall–Kier alpha value is -3.73. The van der Waals surface area contributed by atoms with Crippen molar-refractivity contribution in [3.05, 3.63) is 83.2 Å². The average molecular weight is 399 g/mol. The number of hydrogen-bond acceptors (Lipinski definition) is 3. The predicted octanol–water partition coefficient (Wildman–Crippen LogP) is 5.51. The van der Waals surface area contributed by atoms with E-state index in [1.54, 1.807) is 7.11 Å². The molecule has 1 N–H and O–H groups in total. The lowest BCUT2D eigenvalue weighted by atomic mass is 9.84. The number of rotatable bonds is 3. The average Bonchev–Trinajstić information content (AvgIpc) is 2.77. The molecule has 0 saturated carbocycles. The topological polar surface area (TPSA) is 59.4 Å². The molecule has 5 heteroatoms. The molecular formula is C25H18FNO3. The number of pyridine rings is 1. The van der Waals surface area contributed by atoms with Gasteiger partial charge in [-0.1, -0.05) is 30.3 Å². The molecule has 0 atom stereocenters. The van der Waals surface area contributed by atoms with Crippen molar-refractivity contribution in [1.82, 2.24) is 4.98 Å². The van der Waals surface area contributed by atoms with Gasteiger partial charge in [-0.3, -0.25) is 0 Å². The number of carboxylic acids is 1. The van der Waals surface area contributed by atoms with Crippen LogP contribution in [0.5, 0.6) is 5.75 Å². The first-order valence-electron chi connectivity index (χ1n) is 9.68. The van der Waals surface area contributed by atoms with Gasteiger partial charge in [0.2, 0.25) is 0 Å². The first-order chi connectivity index (χ1) is 14.5. The third-order valence-corrected chi connectivity index (χ3v) is 5.69. The number of fused-ring (bicyclic) bond motifs is 4. The van der Waals surface area contributed by atoms with E-state index in [2.05, 4.69) is 6.07 Å². The maximum Gasteiger partial charge on any atom is 0.336 e. The van der Waals surface area contributed by atoms with Gasteiger partial charge in [0.15, 0.2) is 0 Å². The van der Waals surface area contributed by atoms with Gasteiger partial charge in [-0.05, 0) is 65.4 Å². The Kier molecular flexibility index (Phi) is 4.24. The van der Waals surface area contributed by atoms with Crippen molar-refractivity contribution in [3.8, 4) is 28.1 Å². The molecule has 0 amide bonds. The second-order valence-electron chi connectivity index (χ2n) is 7.38. The fourth-order valence-corrected chi connectivity index (χ4v) is 4.24. The van der Waals surface area contributed by atoms with Gasteiger partial charge in [0.05, 0.1) is 23.9 Å². The molecular weight excluding hydrogens is 381 g/mol. The molecule has 4 aromatic rings. The highest BCUT2D eigenvalue weighted by atomic mass is 19.1. The molecule has 1 heterocycles. The van der Waals surface area contributed by atoms with Gasteiger partial charge in [-0.2, -0.15) is 0 Å². The largest absolute Gasteiger partial charge is 0.497 e. The molecule has 0 fully saturated rings. The highest BCUT2D eigenvalue weighted by Crippen LogP contribution is 2.39. The van der Waals surface area contributed by atoms with Crippen molar-refractivity contribution in [2.75, 3.05) is 7.11 Å². The van der Waals surface area contributed by atoms with Crippen LogP contribution in [0.1, 0.15) is 21.5 Å². The molecule has 0 aliphatic heterocycles. The zero-order chi connectivity index (χ0) is 20.8. The van der Waals surface area contributed by atoms with Crippen molar-refractivity contribution in [2.24, 2.45) is 0 Å². The lowest BCUT2D eigenvalue weighted by Crippen LogP contribution is -2.13. The Bertz CT molecular complexity index is 1310. The van der Waals surface area contributed by atoms with Crippen LogP contribution >= 0.6 is 0 Å². The summed E-state index contributed by atoms with van der Waals surface area (Å²) < 4.78 is 19.0. The van der Waals surface area contributed by atoms with E-state index in [9.17, 15) is 14.3 Å². The lowest BCUT2D eigenvalue weighted by Gasteiger charge is -2.22. The second kappa shape index (κ2) is 6.95. The fraction of sp³-hybridized carbons (Fsp3) is 0.120. The van der Waals surface area contributed by atoms with Crippen molar-refractivity contribution >= 4 is 16.9 Å². The van der Waals surface area contributed by atoms with Gasteiger partial charge in [0.1, 0.15) is 11.6 Å². The number of ether oxygens (including phenoxy) is 1. The highest BCUT2D eigenvalue weighted by molar-refractivity contribution is 6.06. The third-order valence-electron chi connectivity index (χ3n) is 5.69. The molecule has 30 heavy (non-hydrogen) atoms. The molecule has 0 spiro atoms. The van der Waals surface area contributed by atoms with Crippen molar-refractivity contribution in [1.29, 1.82) is 0 Å². The summed E-state index contributed by atoms with van der Waals surface area (Å²) in [6.07, 6.45) is 1.25. The summed E-state index contributed by atoms with van der Waals surface area (Å²) in [5, 5.41) is 10.2.